The fourth-order valence-corrected chi connectivity index (χ4v) is 3.15. The van der Waals surface area contributed by atoms with Gasteiger partial charge >= 0.3 is 0 Å². The van der Waals surface area contributed by atoms with Crippen LogP contribution in [0, 0.1) is 6.92 Å². The zero-order valence-electron chi connectivity index (χ0n) is 10.5. The smallest absolute Gasteiger partial charge is 0.0489 e. The Bertz CT molecular complexity index is 569. The zero-order valence-corrected chi connectivity index (χ0v) is 13.7. The number of alkyl halides is 1. The van der Waals surface area contributed by atoms with Gasteiger partial charge < -0.3 is 4.57 Å². The molecule has 96 valence electrons. The van der Waals surface area contributed by atoms with Crippen LogP contribution in [0.15, 0.2) is 29.3 Å². The first-order valence-electron chi connectivity index (χ1n) is 6.15. The molecule has 0 spiro atoms. The second-order valence-corrected chi connectivity index (χ2v) is 6.12. The number of benzene rings is 1. The number of hydrogen-bond acceptors (Lipinski definition) is 0. The third kappa shape index (κ3) is 2.57. The third-order valence-corrected chi connectivity index (χ3v) is 4.36. The Labute approximate surface area is 125 Å². The van der Waals surface area contributed by atoms with Gasteiger partial charge in [0.15, 0.2) is 0 Å². The van der Waals surface area contributed by atoms with E-state index in [9.17, 15) is 0 Å². The van der Waals surface area contributed by atoms with E-state index in [2.05, 4.69) is 68.1 Å². The normalized spacial score (nSPS) is 11.1. The Morgan fingerprint density at radius 2 is 2.11 bits per heavy atom. The lowest BCUT2D eigenvalue weighted by molar-refractivity contribution is 0.641. The van der Waals surface area contributed by atoms with Crippen molar-refractivity contribution in [3.05, 3.63) is 40.5 Å². The number of aromatic nitrogens is 1. The molecule has 2 rings (SSSR count). The van der Waals surface area contributed by atoms with Crippen LogP contribution in [0.2, 0.25) is 0 Å². The van der Waals surface area contributed by atoms with Gasteiger partial charge in [0, 0.05) is 38.5 Å². The highest BCUT2D eigenvalue weighted by Gasteiger charge is 2.11. The SMILES string of the molecule is C=Cc1c(C)n(CCCCBr)c2ccc(Br)cc12. The summed E-state index contributed by atoms with van der Waals surface area (Å²) in [6.45, 7) is 7.20. The molecule has 0 aliphatic carbocycles. The summed E-state index contributed by atoms with van der Waals surface area (Å²) in [5.74, 6) is 0. The number of aryl methyl sites for hydroxylation is 1. The molecule has 0 atom stereocenters. The average Bonchev–Trinajstić information content (AvgIpc) is 2.61. The maximum Gasteiger partial charge on any atom is 0.0489 e. The summed E-state index contributed by atoms with van der Waals surface area (Å²) in [7, 11) is 0. The van der Waals surface area contributed by atoms with Gasteiger partial charge in [-0.25, -0.2) is 0 Å². The van der Waals surface area contributed by atoms with E-state index in [4.69, 9.17) is 0 Å². The molecule has 1 nitrogen and oxygen atoms in total. The van der Waals surface area contributed by atoms with Crippen molar-refractivity contribution < 1.29 is 0 Å². The van der Waals surface area contributed by atoms with Crippen molar-refractivity contribution in [3.8, 4) is 0 Å². The standard InChI is InChI=1S/C15H17Br2N/c1-3-13-11(2)18(9-5-4-8-16)15-7-6-12(17)10-14(13)15/h3,6-7,10H,1,4-5,8-9H2,2H3. The number of halogens is 2. The number of rotatable bonds is 5. The fourth-order valence-electron chi connectivity index (χ4n) is 2.39. The van der Waals surface area contributed by atoms with E-state index in [1.54, 1.807) is 0 Å². The van der Waals surface area contributed by atoms with Crippen LogP contribution < -0.4 is 0 Å². The molecule has 0 aliphatic heterocycles. The van der Waals surface area contributed by atoms with Crippen LogP contribution in [0.5, 0.6) is 0 Å². The molecule has 0 fully saturated rings. The summed E-state index contributed by atoms with van der Waals surface area (Å²) in [5.41, 5.74) is 3.87. The van der Waals surface area contributed by atoms with Crippen LogP contribution in [0.3, 0.4) is 0 Å². The third-order valence-electron chi connectivity index (χ3n) is 3.30. The van der Waals surface area contributed by atoms with Gasteiger partial charge in [-0.2, -0.15) is 0 Å². The summed E-state index contributed by atoms with van der Waals surface area (Å²) >= 11 is 7.03. The molecule has 0 amide bonds. The Morgan fingerprint density at radius 3 is 2.78 bits per heavy atom. The summed E-state index contributed by atoms with van der Waals surface area (Å²) < 4.78 is 3.53. The van der Waals surface area contributed by atoms with Crippen molar-refractivity contribution >= 4 is 48.8 Å². The summed E-state index contributed by atoms with van der Waals surface area (Å²) in [4.78, 5) is 0. The molecule has 18 heavy (non-hydrogen) atoms. The molecule has 0 bridgehead atoms. The first-order chi connectivity index (χ1) is 8.69. The van der Waals surface area contributed by atoms with E-state index in [1.807, 2.05) is 6.08 Å². The molecule has 0 unspecified atom stereocenters. The van der Waals surface area contributed by atoms with Gasteiger partial charge in [0.25, 0.3) is 0 Å². The maximum atomic E-state index is 3.95. The minimum atomic E-state index is 1.07. The monoisotopic (exact) mass is 369 g/mol. The van der Waals surface area contributed by atoms with E-state index in [0.717, 1.165) is 16.3 Å². The Hall–Kier alpha value is -0.540. The van der Waals surface area contributed by atoms with E-state index < -0.39 is 0 Å². The molecule has 1 aromatic heterocycles. The molecule has 0 saturated carbocycles. The lowest BCUT2D eigenvalue weighted by Crippen LogP contribution is -2.00. The second-order valence-electron chi connectivity index (χ2n) is 4.41. The number of unbranched alkanes of at least 4 members (excludes halogenated alkanes) is 1. The van der Waals surface area contributed by atoms with Crippen LogP contribution in [-0.2, 0) is 6.54 Å². The zero-order chi connectivity index (χ0) is 13.1. The number of fused-ring (bicyclic) bond motifs is 1. The first-order valence-corrected chi connectivity index (χ1v) is 8.07. The molecule has 0 N–H and O–H groups in total. The topological polar surface area (TPSA) is 4.93 Å². The lowest BCUT2D eigenvalue weighted by atomic mass is 10.1. The van der Waals surface area contributed by atoms with Crippen LogP contribution >= 0.6 is 31.9 Å². The minimum Gasteiger partial charge on any atom is -0.344 e. The van der Waals surface area contributed by atoms with E-state index in [0.29, 0.717) is 0 Å². The average molecular weight is 371 g/mol. The van der Waals surface area contributed by atoms with Gasteiger partial charge in [0.1, 0.15) is 0 Å². The molecule has 0 aliphatic rings. The lowest BCUT2D eigenvalue weighted by Gasteiger charge is -2.07. The van der Waals surface area contributed by atoms with Crippen LogP contribution in [0.25, 0.3) is 17.0 Å². The van der Waals surface area contributed by atoms with Crippen molar-refractivity contribution in [2.75, 3.05) is 5.33 Å². The van der Waals surface area contributed by atoms with Gasteiger partial charge in [-0.05, 0) is 38.0 Å². The summed E-state index contributed by atoms with van der Waals surface area (Å²) in [6.07, 6.45) is 4.37. The Balaban J connectivity index is 2.51. The molecule has 1 aromatic carbocycles. The van der Waals surface area contributed by atoms with Gasteiger partial charge in [0.2, 0.25) is 0 Å². The van der Waals surface area contributed by atoms with Gasteiger partial charge in [0.05, 0.1) is 0 Å². The highest BCUT2D eigenvalue weighted by atomic mass is 79.9. The molecular weight excluding hydrogens is 354 g/mol. The van der Waals surface area contributed by atoms with Crippen LogP contribution in [-0.4, -0.2) is 9.90 Å². The first kappa shape index (κ1) is 13.9. The van der Waals surface area contributed by atoms with Gasteiger partial charge in [-0.1, -0.05) is 44.5 Å². The Kier molecular flexibility index (Phi) is 4.68. The van der Waals surface area contributed by atoms with E-state index >= 15 is 0 Å². The Morgan fingerprint density at radius 1 is 1.33 bits per heavy atom. The molecule has 3 heteroatoms. The van der Waals surface area contributed by atoms with Crippen molar-refractivity contribution in [2.45, 2.75) is 26.3 Å². The van der Waals surface area contributed by atoms with Crippen molar-refractivity contribution in [3.63, 3.8) is 0 Å². The molecule has 2 aromatic rings. The molecular formula is C15H17Br2N. The second kappa shape index (κ2) is 6.07. The van der Waals surface area contributed by atoms with Crippen LogP contribution in [0.1, 0.15) is 24.1 Å². The highest BCUT2D eigenvalue weighted by molar-refractivity contribution is 9.10. The fraction of sp³-hybridized carbons (Fsp3) is 0.333. The van der Waals surface area contributed by atoms with Gasteiger partial charge in [-0.3, -0.25) is 0 Å². The minimum absolute atomic E-state index is 1.07. The summed E-state index contributed by atoms with van der Waals surface area (Å²) in [5, 5.41) is 2.36. The van der Waals surface area contributed by atoms with E-state index in [1.165, 1.54) is 35.0 Å². The van der Waals surface area contributed by atoms with Crippen molar-refractivity contribution in [1.82, 2.24) is 4.57 Å². The van der Waals surface area contributed by atoms with Crippen LogP contribution in [0.4, 0.5) is 0 Å². The highest BCUT2D eigenvalue weighted by Crippen LogP contribution is 2.29. The van der Waals surface area contributed by atoms with E-state index in [-0.39, 0.29) is 0 Å². The predicted octanol–water partition coefficient (Wildman–Crippen LogP) is 5.53. The maximum absolute atomic E-state index is 3.95. The largest absolute Gasteiger partial charge is 0.344 e. The molecule has 0 saturated heterocycles. The number of hydrogen-bond donors (Lipinski definition) is 0. The summed E-state index contributed by atoms with van der Waals surface area (Å²) in [6, 6.07) is 6.48. The molecule has 0 radical (unpaired) electrons. The number of nitrogens with zero attached hydrogens (tertiary/aromatic N) is 1. The van der Waals surface area contributed by atoms with Crippen molar-refractivity contribution in [1.29, 1.82) is 0 Å². The predicted molar refractivity (Wildman–Crippen MR) is 87.5 cm³/mol. The van der Waals surface area contributed by atoms with Gasteiger partial charge in [-0.15, -0.1) is 0 Å². The molecule has 1 heterocycles. The van der Waals surface area contributed by atoms with Crippen molar-refractivity contribution in [2.24, 2.45) is 0 Å². The quantitative estimate of drug-likeness (QED) is 0.481.